The van der Waals surface area contributed by atoms with Gasteiger partial charge in [0.25, 0.3) is 0 Å². The van der Waals surface area contributed by atoms with E-state index in [1.54, 1.807) is 0 Å². The number of nitrogens with two attached hydrogens (primary N) is 1. The topological polar surface area (TPSA) is 26.0 Å². The maximum absolute atomic E-state index is 6.08. The summed E-state index contributed by atoms with van der Waals surface area (Å²) < 4.78 is 0. The Morgan fingerprint density at radius 2 is 1.67 bits per heavy atom. The molecule has 0 aromatic carbocycles. The molecule has 0 amide bonds. The van der Waals surface area contributed by atoms with E-state index in [1.165, 1.54) is 44.9 Å². The second kappa shape index (κ2) is 4.27. The van der Waals surface area contributed by atoms with E-state index in [1.807, 2.05) is 0 Å². The van der Waals surface area contributed by atoms with E-state index >= 15 is 0 Å². The van der Waals surface area contributed by atoms with Crippen molar-refractivity contribution in [3.63, 3.8) is 0 Å². The minimum Gasteiger partial charge on any atom is -0.327 e. The average Bonchev–Trinajstić information content (AvgIpc) is 2.29. The van der Waals surface area contributed by atoms with Crippen molar-refractivity contribution in [2.24, 2.45) is 11.1 Å². The van der Waals surface area contributed by atoms with E-state index in [4.69, 9.17) is 5.73 Å². The lowest BCUT2D eigenvalue weighted by Crippen LogP contribution is -2.38. The summed E-state index contributed by atoms with van der Waals surface area (Å²) in [5.74, 6) is 0. The second-order valence-electron chi connectivity index (χ2n) is 4.42. The molecule has 0 aromatic rings. The molecular formula is C11H23N. The summed E-state index contributed by atoms with van der Waals surface area (Å²) in [6.07, 6.45) is 9.64. The fraction of sp³-hybridized carbons (Fsp3) is 1.00. The molecule has 1 aliphatic carbocycles. The van der Waals surface area contributed by atoms with Crippen LogP contribution in [0, 0.1) is 5.41 Å². The molecule has 1 nitrogen and oxygen atoms in total. The van der Waals surface area contributed by atoms with E-state index in [-0.39, 0.29) is 0 Å². The first kappa shape index (κ1) is 10.0. The summed E-state index contributed by atoms with van der Waals surface area (Å²) in [5, 5.41) is 0. The van der Waals surface area contributed by atoms with E-state index in [2.05, 4.69) is 13.8 Å². The van der Waals surface area contributed by atoms with Gasteiger partial charge < -0.3 is 5.73 Å². The average molecular weight is 169 g/mol. The smallest absolute Gasteiger partial charge is 0.00669 e. The molecule has 0 spiro atoms. The van der Waals surface area contributed by atoms with E-state index < -0.39 is 0 Å². The Balaban J connectivity index is 2.61. The Hall–Kier alpha value is -0.0400. The molecule has 0 aliphatic heterocycles. The van der Waals surface area contributed by atoms with E-state index in [9.17, 15) is 0 Å². The molecular weight excluding hydrogens is 146 g/mol. The fourth-order valence-electron chi connectivity index (χ4n) is 2.56. The first-order chi connectivity index (χ1) is 5.71. The predicted octanol–water partition coefficient (Wildman–Crippen LogP) is 3.08. The predicted molar refractivity (Wildman–Crippen MR) is 54.1 cm³/mol. The van der Waals surface area contributed by atoms with Crippen LogP contribution in [0.1, 0.15) is 58.8 Å². The van der Waals surface area contributed by atoms with Crippen molar-refractivity contribution in [3.05, 3.63) is 0 Å². The number of hydrogen-bond acceptors (Lipinski definition) is 1. The van der Waals surface area contributed by atoms with E-state index in [0.29, 0.717) is 11.5 Å². The van der Waals surface area contributed by atoms with Crippen LogP contribution in [0.4, 0.5) is 0 Å². The molecule has 1 atom stereocenters. The maximum atomic E-state index is 6.08. The van der Waals surface area contributed by atoms with Crippen LogP contribution in [-0.4, -0.2) is 6.04 Å². The number of rotatable bonds is 2. The highest BCUT2D eigenvalue weighted by molar-refractivity contribution is 4.87. The zero-order valence-electron chi connectivity index (χ0n) is 8.60. The third kappa shape index (κ3) is 2.01. The fourth-order valence-corrected chi connectivity index (χ4v) is 2.56. The molecule has 0 bridgehead atoms. The minimum absolute atomic E-state index is 0.389. The molecule has 1 aliphatic rings. The van der Waals surface area contributed by atoms with Crippen molar-refractivity contribution < 1.29 is 0 Å². The molecule has 1 heteroatoms. The van der Waals surface area contributed by atoms with Crippen LogP contribution >= 0.6 is 0 Å². The third-order valence-corrected chi connectivity index (χ3v) is 3.77. The van der Waals surface area contributed by atoms with Crippen LogP contribution in [0.3, 0.4) is 0 Å². The molecule has 72 valence electrons. The van der Waals surface area contributed by atoms with Gasteiger partial charge in [0, 0.05) is 6.04 Å². The summed E-state index contributed by atoms with van der Waals surface area (Å²) in [7, 11) is 0. The Bertz CT molecular complexity index is 121. The van der Waals surface area contributed by atoms with Crippen molar-refractivity contribution in [1.82, 2.24) is 0 Å². The highest BCUT2D eigenvalue weighted by atomic mass is 14.7. The Morgan fingerprint density at radius 3 is 2.00 bits per heavy atom. The van der Waals surface area contributed by atoms with Crippen molar-refractivity contribution >= 4 is 0 Å². The molecule has 0 heterocycles. The second-order valence-corrected chi connectivity index (χ2v) is 4.42. The first-order valence-electron chi connectivity index (χ1n) is 5.47. The maximum Gasteiger partial charge on any atom is 0.00669 e. The third-order valence-electron chi connectivity index (χ3n) is 3.77. The van der Waals surface area contributed by atoms with Crippen LogP contribution in [0.2, 0.25) is 0 Å². The standard InChI is InChI=1S/C11H23N/c1-3-11(10(2)12)8-6-4-5-7-9-11/h10H,3-9,12H2,1-2H3. The van der Waals surface area contributed by atoms with Gasteiger partial charge in [0.1, 0.15) is 0 Å². The summed E-state index contributed by atoms with van der Waals surface area (Å²) in [4.78, 5) is 0. The lowest BCUT2D eigenvalue weighted by Gasteiger charge is -2.35. The molecule has 1 unspecified atom stereocenters. The number of hydrogen-bond donors (Lipinski definition) is 1. The van der Waals surface area contributed by atoms with Crippen LogP contribution in [0.25, 0.3) is 0 Å². The summed E-state index contributed by atoms with van der Waals surface area (Å²) >= 11 is 0. The zero-order valence-corrected chi connectivity index (χ0v) is 8.60. The Labute approximate surface area is 76.7 Å². The van der Waals surface area contributed by atoms with Gasteiger partial charge in [-0.2, -0.15) is 0 Å². The van der Waals surface area contributed by atoms with Crippen molar-refractivity contribution in [1.29, 1.82) is 0 Å². The molecule has 12 heavy (non-hydrogen) atoms. The van der Waals surface area contributed by atoms with Gasteiger partial charge in [0.2, 0.25) is 0 Å². The molecule has 1 fully saturated rings. The normalized spacial score (nSPS) is 26.2. The first-order valence-corrected chi connectivity index (χ1v) is 5.47. The van der Waals surface area contributed by atoms with Crippen molar-refractivity contribution in [2.75, 3.05) is 0 Å². The van der Waals surface area contributed by atoms with Crippen molar-refractivity contribution in [3.8, 4) is 0 Å². The molecule has 1 saturated carbocycles. The SMILES string of the molecule is CCC1(C(C)N)CCCCCC1. The van der Waals surface area contributed by atoms with Gasteiger partial charge in [-0.15, -0.1) is 0 Å². The Kier molecular flexibility index (Phi) is 3.57. The van der Waals surface area contributed by atoms with Gasteiger partial charge in [0.05, 0.1) is 0 Å². The molecule has 0 aromatic heterocycles. The largest absolute Gasteiger partial charge is 0.327 e. The van der Waals surface area contributed by atoms with Crippen LogP contribution < -0.4 is 5.73 Å². The van der Waals surface area contributed by atoms with Crippen molar-refractivity contribution in [2.45, 2.75) is 64.8 Å². The quantitative estimate of drug-likeness (QED) is 0.632. The lowest BCUT2D eigenvalue weighted by molar-refractivity contribution is 0.189. The Morgan fingerprint density at radius 1 is 1.17 bits per heavy atom. The summed E-state index contributed by atoms with van der Waals surface area (Å²) in [5.41, 5.74) is 6.56. The zero-order chi connectivity index (χ0) is 9.03. The van der Waals surface area contributed by atoms with E-state index in [0.717, 1.165) is 0 Å². The highest BCUT2D eigenvalue weighted by Crippen LogP contribution is 2.39. The minimum atomic E-state index is 0.389. The monoisotopic (exact) mass is 169 g/mol. The molecule has 1 rings (SSSR count). The van der Waals surface area contributed by atoms with Crippen LogP contribution in [-0.2, 0) is 0 Å². The summed E-state index contributed by atoms with van der Waals surface area (Å²) in [6.45, 7) is 4.49. The van der Waals surface area contributed by atoms with Crippen LogP contribution in [0.15, 0.2) is 0 Å². The van der Waals surface area contributed by atoms with Gasteiger partial charge >= 0.3 is 0 Å². The molecule has 0 radical (unpaired) electrons. The van der Waals surface area contributed by atoms with Gasteiger partial charge in [-0.05, 0) is 31.6 Å². The molecule has 0 saturated heterocycles. The lowest BCUT2D eigenvalue weighted by atomic mass is 9.73. The highest BCUT2D eigenvalue weighted by Gasteiger charge is 2.32. The molecule has 2 N–H and O–H groups in total. The van der Waals surface area contributed by atoms with Crippen LogP contribution in [0.5, 0.6) is 0 Å². The van der Waals surface area contributed by atoms with Gasteiger partial charge in [-0.3, -0.25) is 0 Å². The van der Waals surface area contributed by atoms with Gasteiger partial charge in [-0.1, -0.05) is 32.6 Å². The summed E-state index contributed by atoms with van der Waals surface area (Å²) in [6, 6.07) is 0.389. The van der Waals surface area contributed by atoms with Gasteiger partial charge in [0.15, 0.2) is 0 Å². The van der Waals surface area contributed by atoms with Gasteiger partial charge in [-0.25, -0.2) is 0 Å².